The number of hydrogen-bond donors (Lipinski definition) is 0. The van der Waals surface area contributed by atoms with E-state index in [1.165, 1.54) is 37.1 Å². The molecule has 1 spiro atoms. The second-order valence-electron chi connectivity index (χ2n) is 10.1. The molecule has 0 unspecified atom stereocenters. The normalized spacial score (nSPS) is 21.6. The second kappa shape index (κ2) is 7.14. The minimum absolute atomic E-state index is 0.244. The fourth-order valence-corrected chi connectivity index (χ4v) is 6.01. The molecule has 3 aromatic rings. The van der Waals surface area contributed by atoms with Crippen molar-refractivity contribution in [3.63, 3.8) is 0 Å². The Morgan fingerprint density at radius 1 is 0.970 bits per heavy atom. The molecule has 0 N–H and O–H groups in total. The minimum atomic E-state index is -0.297. The lowest BCUT2D eigenvalue weighted by Gasteiger charge is -2.60. The van der Waals surface area contributed by atoms with Gasteiger partial charge in [-0.2, -0.15) is 0 Å². The van der Waals surface area contributed by atoms with Crippen LogP contribution in [-0.2, 0) is 13.1 Å². The number of fused-ring (bicyclic) bond motifs is 3. The molecule has 5 heterocycles. The summed E-state index contributed by atoms with van der Waals surface area (Å²) in [7, 11) is 0. The monoisotopic (exact) mass is 465 g/mol. The molecule has 1 aromatic carbocycles. The first-order chi connectivity index (χ1) is 16.1. The van der Waals surface area contributed by atoms with Gasteiger partial charge in [0.15, 0.2) is 5.82 Å². The lowest BCUT2D eigenvalue weighted by Crippen LogP contribution is -2.73. The van der Waals surface area contributed by atoms with Gasteiger partial charge >= 0.3 is 0 Å². The van der Waals surface area contributed by atoms with Crippen molar-refractivity contribution in [2.75, 3.05) is 36.0 Å². The van der Waals surface area contributed by atoms with Crippen LogP contribution in [0.25, 0.3) is 5.69 Å². The van der Waals surface area contributed by atoms with E-state index in [4.69, 9.17) is 11.6 Å². The second-order valence-corrected chi connectivity index (χ2v) is 10.5. The maximum Gasteiger partial charge on any atom is 0.231 e. The Morgan fingerprint density at radius 2 is 1.79 bits per heavy atom. The molecule has 9 heteroatoms. The van der Waals surface area contributed by atoms with Crippen LogP contribution in [-0.4, -0.2) is 56.9 Å². The maximum atomic E-state index is 13.2. The smallest absolute Gasteiger partial charge is 0.231 e. The molecule has 1 aliphatic carbocycles. The van der Waals surface area contributed by atoms with Crippen molar-refractivity contribution in [3.8, 4) is 5.69 Å². The fourth-order valence-electron chi connectivity index (χ4n) is 5.81. The first kappa shape index (κ1) is 19.7. The van der Waals surface area contributed by atoms with Gasteiger partial charge in [0, 0.05) is 49.2 Å². The summed E-state index contributed by atoms with van der Waals surface area (Å²) in [5.74, 6) is 2.48. The fraction of sp³-hybridized carbons (Fsp3) is 0.458. The van der Waals surface area contributed by atoms with Crippen LogP contribution < -0.4 is 9.80 Å². The topological polar surface area (TPSA) is 53.3 Å². The molecule has 2 saturated heterocycles. The zero-order valence-corrected chi connectivity index (χ0v) is 19.0. The van der Waals surface area contributed by atoms with E-state index >= 15 is 0 Å². The summed E-state index contributed by atoms with van der Waals surface area (Å²) < 4.78 is 15.4. The van der Waals surface area contributed by atoms with Crippen LogP contribution in [0.15, 0.2) is 36.5 Å². The third kappa shape index (κ3) is 3.14. The van der Waals surface area contributed by atoms with E-state index in [1.807, 2.05) is 6.07 Å². The molecule has 7 nitrogen and oxygen atoms in total. The summed E-state index contributed by atoms with van der Waals surface area (Å²) >= 11 is 6.38. The molecule has 2 aromatic heterocycles. The van der Waals surface area contributed by atoms with Gasteiger partial charge in [-0.25, -0.2) is 9.37 Å². The summed E-state index contributed by atoms with van der Waals surface area (Å²) in [6.07, 6.45) is 5.10. The quantitative estimate of drug-likeness (QED) is 0.588. The maximum absolute atomic E-state index is 13.2. The molecule has 3 aliphatic heterocycles. The molecule has 33 heavy (non-hydrogen) atoms. The molecule has 0 atom stereocenters. The first-order valence-corrected chi connectivity index (χ1v) is 12.0. The highest BCUT2D eigenvalue weighted by Gasteiger charge is 2.53. The predicted molar refractivity (Wildman–Crippen MR) is 124 cm³/mol. The number of nitrogens with zero attached hydrogens (tertiary/aromatic N) is 7. The lowest BCUT2D eigenvalue weighted by atomic mass is 9.73. The Bertz CT molecular complexity index is 1210. The Kier molecular flexibility index (Phi) is 4.27. The summed E-state index contributed by atoms with van der Waals surface area (Å²) in [4.78, 5) is 11.3. The van der Waals surface area contributed by atoms with Gasteiger partial charge in [-0.3, -0.25) is 9.47 Å². The van der Waals surface area contributed by atoms with Crippen LogP contribution >= 0.6 is 11.6 Å². The van der Waals surface area contributed by atoms with E-state index in [0.29, 0.717) is 6.04 Å². The average Bonchev–Trinajstić information content (AvgIpc) is 3.02. The van der Waals surface area contributed by atoms with Crippen molar-refractivity contribution >= 4 is 23.4 Å². The van der Waals surface area contributed by atoms with E-state index in [2.05, 4.69) is 46.6 Å². The van der Waals surface area contributed by atoms with Gasteiger partial charge in [-0.1, -0.05) is 18.0 Å². The van der Waals surface area contributed by atoms with Gasteiger partial charge in [0.2, 0.25) is 5.95 Å². The molecule has 4 aliphatic rings. The highest BCUT2D eigenvalue weighted by atomic mass is 35.5. The van der Waals surface area contributed by atoms with Gasteiger partial charge in [0.05, 0.1) is 18.4 Å². The Hall–Kier alpha value is -2.71. The standard InChI is InChI=1S/C24H25ClFN7/c25-17-4-6-20-16(8-17)10-30(19-2-1-3-19)11-22-28-29-23(33(20)22)32-14-24(15-32)12-31(13-24)21-7-5-18(26)9-27-21/h4-9,19H,1-3,10-15H2. The summed E-state index contributed by atoms with van der Waals surface area (Å²) in [5, 5.41) is 10.0. The molecule has 0 bridgehead atoms. The van der Waals surface area contributed by atoms with Gasteiger partial charge < -0.3 is 9.80 Å². The van der Waals surface area contributed by atoms with Crippen LogP contribution in [0.1, 0.15) is 30.7 Å². The number of anilines is 2. The summed E-state index contributed by atoms with van der Waals surface area (Å²) in [6, 6.07) is 10.0. The van der Waals surface area contributed by atoms with Crippen LogP contribution in [0.5, 0.6) is 0 Å². The van der Waals surface area contributed by atoms with Gasteiger partial charge in [0.1, 0.15) is 11.6 Å². The molecule has 0 radical (unpaired) electrons. The molecule has 0 amide bonds. The van der Waals surface area contributed by atoms with Crippen molar-refractivity contribution in [2.45, 2.75) is 38.4 Å². The molecular weight excluding hydrogens is 441 g/mol. The van der Waals surface area contributed by atoms with Gasteiger partial charge in [-0.15, -0.1) is 10.2 Å². The average molecular weight is 466 g/mol. The third-order valence-electron chi connectivity index (χ3n) is 7.73. The highest BCUT2D eigenvalue weighted by Crippen LogP contribution is 2.44. The van der Waals surface area contributed by atoms with E-state index in [9.17, 15) is 4.39 Å². The SMILES string of the molecule is Fc1ccc(N2CC3(C2)CN(c2nnc4n2-c2ccc(Cl)cc2CN(C2CCC2)C4)C3)nc1. The Balaban J connectivity index is 1.14. The minimum Gasteiger partial charge on any atom is -0.355 e. The lowest BCUT2D eigenvalue weighted by molar-refractivity contribution is 0.110. The van der Waals surface area contributed by atoms with Crippen molar-refractivity contribution in [1.82, 2.24) is 24.6 Å². The van der Waals surface area contributed by atoms with Gasteiger partial charge in [-0.05, 0) is 48.7 Å². The van der Waals surface area contributed by atoms with Crippen molar-refractivity contribution in [2.24, 2.45) is 5.41 Å². The molecule has 7 rings (SSSR count). The van der Waals surface area contributed by atoms with Crippen LogP contribution in [0.4, 0.5) is 16.2 Å². The number of benzene rings is 1. The van der Waals surface area contributed by atoms with Gasteiger partial charge in [0.25, 0.3) is 0 Å². The van der Waals surface area contributed by atoms with E-state index in [0.717, 1.165) is 67.6 Å². The summed E-state index contributed by atoms with van der Waals surface area (Å²) in [6.45, 7) is 5.46. The third-order valence-corrected chi connectivity index (χ3v) is 7.96. The number of hydrogen-bond acceptors (Lipinski definition) is 6. The van der Waals surface area contributed by atoms with E-state index in [1.54, 1.807) is 6.07 Å². The van der Waals surface area contributed by atoms with Crippen LogP contribution in [0.2, 0.25) is 5.02 Å². The predicted octanol–water partition coefficient (Wildman–Crippen LogP) is 3.65. The summed E-state index contributed by atoms with van der Waals surface area (Å²) in [5.41, 5.74) is 2.62. The van der Waals surface area contributed by atoms with Crippen molar-refractivity contribution in [1.29, 1.82) is 0 Å². The zero-order valence-electron chi connectivity index (χ0n) is 18.3. The molecule has 1 saturated carbocycles. The number of pyridine rings is 1. The number of aromatic nitrogens is 4. The molecule has 3 fully saturated rings. The van der Waals surface area contributed by atoms with E-state index < -0.39 is 0 Å². The number of halogens is 2. The van der Waals surface area contributed by atoms with E-state index in [-0.39, 0.29) is 11.2 Å². The molecular formula is C24H25ClFN7. The largest absolute Gasteiger partial charge is 0.355 e. The van der Waals surface area contributed by atoms with Crippen molar-refractivity contribution < 1.29 is 4.39 Å². The molecule has 170 valence electrons. The van der Waals surface area contributed by atoms with Crippen LogP contribution in [0.3, 0.4) is 0 Å². The Labute approximate surface area is 196 Å². The zero-order chi connectivity index (χ0) is 22.2. The highest BCUT2D eigenvalue weighted by molar-refractivity contribution is 6.30. The number of rotatable bonds is 3. The first-order valence-electron chi connectivity index (χ1n) is 11.7. The van der Waals surface area contributed by atoms with Crippen LogP contribution in [0, 0.1) is 11.2 Å². The Morgan fingerprint density at radius 3 is 2.52 bits per heavy atom. The van der Waals surface area contributed by atoms with Crippen molar-refractivity contribution in [3.05, 3.63) is 58.8 Å².